The van der Waals surface area contributed by atoms with E-state index >= 15 is 0 Å². The predicted octanol–water partition coefficient (Wildman–Crippen LogP) is 3.43. The first-order chi connectivity index (χ1) is 14.2. The normalized spacial score (nSPS) is 14.5. The summed E-state index contributed by atoms with van der Waals surface area (Å²) in [7, 11) is 0. The quantitative estimate of drug-likeness (QED) is 0.675. The molecular formula is C24H23N3O2. The smallest absolute Gasteiger partial charge is 0.260 e. The number of hydrogen-bond donors (Lipinski definition) is 0. The predicted molar refractivity (Wildman–Crippen MR) is 112 cm³/mol. The lowest BCUT2D eigenvalue weighted by Crippen LogP contribution is -2.49. The van der Waals surface area contributed by atoms with Crippen molar-refractivity contribution in [3.05, 3.63) is 77.9 Å². The van der Waals surface area contributed by atoms with Gasteiger partial charge in [-0.1, -0.05) is 42.5 Å². The molecule has 0 radical (unpaired) electrons. The van der Waals surface area contributed by atoms with Crippen LogP contribution in [0, 0.1) is 11.3 Å². The Morgan fingerprint density at radius 2 is 1.66 bits per heavy atom. The second kappa shape index (κ2) is 8.76. The summed E-state index contributed by atoms with van der Waals surface area (Å²) in [5.74, 6) is 0.603. The van der Waals surface area contributed by atoms with E-state index in [1.165, 1.54) is 16.3 Å². The van der Waals surface area contributed by atoms with Crippen LogP contribution in [0.5, 0.6) is 5.75 Å². The highest BCUT2D eigenvalue weighted by Crippen LogP contribution is 2.20. The zero-order chi connectivity index (χ0) is 20.1. The van der Waals surface area contributed by atoms with Crippen LogP contribution in [0.15, 0.2) is 66.7 Å². The van der Waals surface area contributed by atoms with Crippen molar-refractivity contribution in [2.45, 2.75) is 6.54 Å². The Kier molecular flexibility index (Phi) is 5.73. The van der Waals surface area contributed by atoms with Crippen LogP contribution in [0.4, 0.5) is 0 Å². The lowest BCUT2D eigenvalue weighted by molar-refractivity contribution is -0.135. The van der Waals surface area contributed by atoms with Crippen molar-refractivity contribution in [3.63, 3.8) is 0 Å². The molecule has 0 unspecified atom stereocenters. The van der Waals surface area contributed by atoms with Crippen LogP contribution < -0.4 is 4.74 Å². The van der Waals surface area contributed by atoms with Crippen molar-refractivity contribution in [2.24, 2.45) is 0 Å². The Morgan fingerprint density at radius 3 is 2.41 bits per heavy atom. The van der Waals surface area contributed by atoms with E-state index in [0.29, 0.717) is 24.4 Å². The van der Waals surface area contributed by atoms with Gasteiger partial charge in [-0.15, -0.1) is 0 Å². The Labute approximate surface area is 170 Å². The maximum Gasteiger partial charge on any atom is 0.260 e. The summed E-state index contributed by atoms with van der Waals surface area (Å²) in [6.07, 6.45) is 0. The highest BCUT2D eigenvalue weighted by molar-refractivity contribution is 5.85. The molecule has 1 amide bonds. The van der Waals surface area contributed by atoms with Gasteiger partial charge in [-0.05, 0) is 40.6 Å². The lowest BCUT2D eigenvalue weighted by Gasteiger charge is -2.34. The number of hydrogen-bond acceptors (Lipinski definition) is 4. The number of carbonyl (C=O) groups excluding carboxylic acids is 1. The third-order valence-corrected chi connectivity index (χ3v) is 5.34. The molecule has 1 aliphatic rings. The van der Waals surface area contributed by atoms with Gasteiger partial charge < -0.3 is 9.64 Å². The molecular weight excluding hydrogens is 362 g/mol. The van der Waals surface area contributed by atoms with Crippen LogP contribution >= 0.6 is 0 Å². The summed E-state index contributed by atoms with van der Waals surface area (Å²) in [5, 5.41) is 11.4. The van der Waals surface area contributed by atoms with Crippen LogP contribution in [0.25, 0.3) is 10.8 Å². The monoisotopic (exact) mass is 385 g/mol. The van der Waals surface area contributed by atoms with Crippen LogP contribution in [0.1, 0.15) is 11.1 Å². The fourth-order valence-electron chi connectivity index (χ4n) is 3.69. The van der Waals surface area contributed by atoms with Gasteiger partial charge in [0.2, 0.25) is 0 Å². The second-order valence-electron chi connectivity index (χ2n) is 7.22. The van der Waals surface area contributed by atoms with E-state index in [1.807, 2.05) is 4.90 Å². The number of amides is 1. The first kappa shape index (κ1) is 19.0. The number of fused-ring (bicyclic) bond motifs is 1. The SMILES string of the molecule is N#Cc1ccc(OCC(=O)N2CCN(Cc3cccc4ccccc34)CC2)cc1. The molecule has 0 bridgehead atoms. The van der Waals surface area contributed by atoms with E-state index in [1.54, 1.807) is 24.3 Å². The van der Waals surface area contributed by atoms with E-state index in [-0.39, 0.29) is 12.5 Å². The van der Waals surface area contributed by atoms with Crippen LogP contribution in [-0.2, 0) is 11.3 Å². The summed E-state index contributed by atoms with van der Waals surface area (Å²) in [5.41, 5.74) is 1.90. The fourth-order valence-corrected chi connectivity index (χ4v) is 3.69. The lowest BCUT2D eigenvalue weighted by atomic mass is 10.0. The maximum atomic E-state index is 12.5. The van der Waals surface area contributed by atoms with Gasteiger partial charge >= 0.3 is 0 Å². The minimum absolute atomic E-state index is 0.000768. The van der Waals surface area contributed by atoms with Gasteiger partial charge in [-0.25, -0.2) is 0 Å². The molecule has 1 heterocycles. The molecule has 29 heavy (non-hydrogen) atoms. The summed E-state index contributed by atoms with van der Waals surface area (Å²) in [6, 6.07) is 23.8. The maximum absolute atomic E-state index is 12.5. The van der Waals surface area contributed by atoms with Crippen molar-refractivity contribution >= 4 is 16.7 Å². The standard InChI is InChI=1S/C24H23N3O2/c25-16-19-8-10-22(11-9-19)29-18-24(28)27-14-12-26(13-15-27)17-21-6-3-5-20-4-1-2-7-23(20)21/h1-11H,12-15,17-18H2. The molecule has 1 aliphatic heterocycles. The van der Waals surface area contributed by atoms with Crippen molar-refractivity contribution in [3.8, 4) is 11.8 Å². The second-order valence-corrected chi connectivity index (χ2v) is 7.22. The minimum Gasteiger partial charge on any atom is -0.484 e. The molecule has 0 atom stereocenters. The Morgan fingerprint density at radius 1 is 0.931 bits per heavy atom. The summed E-state index contributed by atoms with van der Waals surface area (Å²) < 4.78 is 5.58. The average molecular weight is 385 g/mol. The molecule has 3 aromatic rings. The molecule has 5 nitrogen and oxygen atoms in total. The number of piperazine rings is 1. The largest absolute Gasteiger partial charge is 0.484 e. The molecule has 1 fully saturated rings. The van der Waals surface area contributed by atoms with Gasteiger partial charge in [0.1, 0.15) is 5.75 Å². The van der Waals surface area contributed by atoms with Crippen LogP contribution in [0.3, 0.4) is 0 Å². The Balaban J connectivity index is 1.28. The molecule has 0 aliphatic carbocycles. The van der Waals surface area contributed by atoms with E-state index in [2.05, 4.69) is 53.4 Å². The molecule has 0 N–H and O–H groups in total. The topological polar surface area (TPSA) is 56.6 Å². The number of benzene rings is 3. The van der Waals surface area contributed by atoms with Gasteiger partial charge in [0.05, 0.1) is 11.6 Å². The summed E-state index contributed by atoms with van der Waals surface area (Å²) in [4.78, 5) is 16.7. The fraction of sp³-hybridized carbons (Fsp3) is 0.250. The molecule has 4 rings (SSSR count). The minimum atomic E-state index is -0.000768. The van der Waals surface area contributed by atoms with Gasteiger partial charge in [-0.3, -0.25) is 9.69 Å². The van der Waals surface area contributed by atoms with E-state index in [9.17, 15) is 4.79 Å². The summed E-state index contributed by atoms with van der Waals surface area (Å²) in [6.45, 7) is 4.04. The first-order valence-electron chi connectivity index (χ1n) is 9.83. The van der Waals surface area contributed by atoms with Gasteiger partial charge in [-0.2, -0.15) is 5.26 Å². The van der Waals surface area contributed by atoms with Gasteiger partial charge in [0.15, 0.2) is 6.61 Å². The highest BCUT2D eigenvalue weighted by atomic mass is 16.5. The third-order valence-electron chi connectivity index (χ3n) is 5.34. The van der Waals surface area contributed by atoms with Gasteiger partial charge in [0, 0.05) is 32.7 Å². The molecule has 5 heteroatoms. The molecule has 146 valence electrons. The number of nitriles is 1. The molecule has 1 saturated heterocycles. The first-order valence-corrected chi connectivity index (χ1v) is 9.83. The third kappa shape index (κ3) is 4.56. The Bertz CT molecular complexity index is 1030. The van der Waals surface area contributed by atoms with E-state index < -0.39 is 0 Å². The molecule has 3 aromatic carbocycles. The molecule has 0 aromatic heterocycles. The van der Waals surface area contributed by atoms with Crippen molar-refractivity contribution in [1.82, 2.24) is 9.80 Å². The van der Waals surface area contributed by atoms with Crippen molar-refractivity contribution in [2.75, 3.05) is 32.8 Å². The zero-order valence-electron chi connectivity index (χ0n) is 16.3. The number of carbonyl (C=O) groups is 1. The van der Waals surface area contributed by atoms with Crippen LogP contribution in [-0.4, -0.2) is 48.5 Å². The van der Waals surface area contributed by atoms with Gasteiger partial charge in [0.25, 0.3) is 5.91 Å². The van der Waals surface area contributed by atoms with Crippen molar-refractivity contribution in [1.29, 1.82) is 5.26 Å². The highest BCUT2D eigenvalue weighted by Gasteiger charge is 2.21. The number of rotatable bonds is 5. The van der Waals surface area contributed by atoms with E-state index in [0.717, 1.165) is 19.6 Å². The number of ether oxygens (including phenoxy) is 1. The van der Waals surface area contributed by atoms with E-state index in [4.69, 9.17) is 10.00 Å². The zero-order valence-corrected chi connectivity index (χ0v) is 16.3. The van der Waals surface area contributed by atoms with Crippen LogP contribution in [0.2, 0.25) is 0 Å². The van der Waals surface area contributed by atoms with Crippen molar-refractivity contribution < 1.29 is 9.53 Å². The average Bonchev–Trinajstić information content (AvgIpc) is 2.78. The molecule has 0 spiro atoms. The Hall–Kier alpha value is -3.36. The molecule has 0 saturated carbocycles. The number of nitrogens with zero attached hydrogens (tertiary/aromatic N) is 3. The summed E-state index contributed by atoms with van der Waals surface area (Å²) >= 11 is 0.